The number of unbranched alkanes of at least 4 members (excludes halogenated alkanes) is 2. The minimum Gasteiger partial charge on any atom is -0.469 e. The van der Waals surface area contributed by atoms with Gasteiger partial charge in [0.05, 0.1) is 7.11 Å². The van der Waals surface area contributed by atoms with Crippen LogP contribution >= 0.6 is 22.7 Å². The summed E-state index contributed by atoms with van der Waals surface area (Å²) >= 11 is 3.08. The Kier molecular flexibility index (Phi) is 6.54. The molecule has 2 rings (SSSR count). The monoisotopic (exact) mass is 338 g/mol. The average Bonchev–Trinajstić information content (AvgIpc) is 3.20. The van der Waals surface area contributed by atoms with Gasteiger partial charge in [-0.1, -0.05) is 6.42 Å². The zero-order valence-electron chi connectivity index (χ0n) is 12.3. The Morgan fingerprint density at radius 2 is 2.14 bits per heavy atom. The van der Waals surface area contributed by atoms with Crippen LogP contribution in [0, 0.1) is 0 Å². The van der Waals surface area contributed by atoms with Crippen LogP contribution in [0.1, 0.15) is 36.2 Å². The molecular weight excluding hydrogens is 320 g/mol. The molecule has 1 N–H and O–H groups in total. The lowest BCUT2D eigenvalue weighted by Gasteiger charge is -2.03. The van der Waals surface area contributed by atoms with Crippen molar-refractivity contribution in [2.45, 2.75) is 25.7 Å². The van der Waals surface area contributed by atoms with Crippen molar-refractivity contribution in [1.82, 2.24) is 10.3 Å². The summed E-state index contributed by atoms with van der Waals surface area (Å²) in [5.74, 6) is -0.335. The molecule has 0 aliphatic rings. The number of esters is 1. The molecule has 0 atom stereocenters. The van der Waals surface area contributed by atoms with Crippen LogP contribution in [-0.4, -0.2) is 30.5 Å². The zero-order chi connectivity index (χ0) is 15.8. The molecule has 7 heteroatoms. The summed E-state index contributed by atoms with van der Waals surface area (Å²) in [6.45, 7) is 0.589. The number of thiazole rings is 1. The van der Waals surface area contributed by atoms with Gasteiger partial charge in [0.15, 0.2) is 0 Å². The number of amides is 1. The van der Waals surface area contributed by atoms with Crippen molar-refractivity contribution < 1.29 is 14.3 Å². The van der Waals surface area contributed by atoms with Crippen molar-refractivity contribution in [3.05, 3.63) is 27.9 Å². The third-order valence-electron chi connectivity index (χ3n) is 3.08. The van der Waals surface area contributed by atoms with E-state index in [1.807, 2.05) is 16.8 Å². The Morgan fingerprint density at radius 1 is 1.27 bits per heavy atom. The molecular formula is C15H18N2O3S2. The molecule has 1 amide bonds. The summed E-state index contributed by atoms with van der Waals surface area (Å²) in [6, 6.07) is 1.99. The lowest BCUT2D eigenvalue weighted by Crippen LogP contribution is -2.24. The molecule has 0 unspecified atom stereocenters. The van der Waals surface area contributed by atoms with E-state index in [4.69, 9.17) is 0 Å². The van der Waals surface area contributed by atoms with Gasteiger partial charge in [0.25, 0.3) is 5.91 Å². The molecule has 0 fully saturated rings. The molecule has 0 aromatic carbocycles. The first-order chi connectivity index (χ1) is 10.7. The number of hydrogen-bond acceptors (Lipinski definition) is 6. The number of thiophene rings is 1. The summed E-state index contributed by atoms with van der Waals surface area (Å²) in [5.41, 5.74) is 1.51. The quantitative estimate of drug-likeness (QED) is 0.592. The van der Waals surface area contributed by atoms with Gasteiger partial charge >= 0.3 is 5.97 Å². The smallest absolute Gasteiger partial charge is 0.305 e. The van der Waals surface area contributed by atoms with Crippen molar-refractivity contribution in [2.24, 2.45) is 0 Å². The molecule has 22 heavy (non-hydrogen) atoms. The molecule has 0 bridgehead atoms. The van der Waals surface area contributed by atoms with E-state index in [0.29, 0.717) is 18.7 Å². The van der Waals surface area contributed by atoms with Crippen molar-refractivity contribution in [2.75, 3.05) is 13.7 Å². The highest BCUT2D eigenvalue weighted by Crippen LogP contribution is 2.25. The van der Waals surface area contributed by atoms with Gasteiger partial charge in [0, 0.05) is 29.3 Å². The lowest BCUT2D eigenvalue weighted by atomic mass is 10.2. The Hall–Kier alpha value is -1.73. The van der Waals surface area contributed by atoms with Gasteiger partial charge < -0.3 is 10.1 Å². The summed E-state index contributed by atoms with van der Waals surface area (Å²) < 4.78 is 4.57. The van der Waals surface area contributed by atoms with Crippen LogP contribution in [0.25, 0.3) is 10.6 Å². The lowest BCUT2D eigenvalue weighted by molar-refractivity contribution is -0.140. The van der Waals surface area contributed by atoms with Gasteiger partial charge in [-0.2, -0.15) is 11.3 Å². The Balaban J connectivity index is 1.68. The largest absolute Gasteiger partial charge is 0.469 e. The number of carbonyl (C=O) groups is 2. The van der Waals surface area contributed by atoms with E-state index in [0.717, 1.165) is 29.8 Å². The molecule has 0 aliphatic carbocycles. The maximum absolute atomic E-state index is 12.0. The molecule has 0 aliphatic heterocycles. The van der Waals surface area contributed by atoms with Crippen molar-refractivity contribution >= 4 is 34.6 Å². The third kappa shape index (κ3) is 4.92. The van der Waals surface area contributed by atoms with Crippen LogP contribution in [0.5, 0.6) is 0 Å². The molecule has 2 heterocycles. The topological polar surface area (TPSA) is 68.3 Å². The predicted molar refractivity (Wildman–Crippen MR) is 88.2 cm³/mol. The minimum absolute atomic E-state index is 0.148. The van der Waals surface area contributed by atoms with E-state index in [1.165, 1.54) is 18.4 Å². The third-order valence-corrected chi connectivity index (χ3v) is 4.65. The normalized spacial score (nSPS) is 10.4. The second kappa shape index (κ2) is 8.65. The van der Waals surface area contributed by atoms with Crippen LogP contribution in [0.4, 0.5) is 0 Å². The number of ether oxygens (including phenoxy) is 1. The molecule has 0 saturated heterocycles. The molecule has 2 aromatic rings. The average molecular weight is 338 g/mol. The second-order valence-electron chi connectivity index (χ2n) is 4.69. The highest BCUT2D eigenvalue weighted by molar-refractivity contribution is 7.14. The number of hydrogen-bond donors (Lipinski definition) is 1. The van der Waals surface area contributed by atoms with Gasteiger partial charge in [0.1, 0.15) is 10.7 Å². The first kappa shape index (κ1) is 16.6. The first-order valence-electron chi connectivity index (χ1n) is 7.04. The fraction of sp³-hybridized carbons (Fsp3) is 0.400. The van der Waals surface area contributed by atoms with E-state index >= 15 is 0 Å². The van der Waals surface area contributed by atoms with E-state index in [9.17, 15) is 9.59 Å². The fourth-order valence-corrected chi connectivity index (χ4v) is 3.37. The molecule has 2 aromatic heterocycles. The molecule has 0 radical (unpaired) electrons. The van der Waals surface area contributed by atoms with Crippen molar-refractivity contribution in [1.29, 1.82) is 0 Å². The number of aromatic nitrogens is 1. The van der Waals surface area contributed by atoms with Crippen molar-refractivity contribution in [3.63, 3.8) is 0 Å². The fourth-order valence-electron chi connectivity index (χ4n) is 1.86. The van der Waals surface area contributed by atoms with Crippen LogP contribution in [0.15, 0.2) is 22.2 Å². The summed E-state index contributed by atoms with van der Waals surface area (Å²) in [4.78, 5) is 27.3. The summed E-state index contributed by atoms with van der Waals surface area (Å²) in [6.07, 6.45) is 2.93. The highest BCUT2D eigenvalue weighted by atomic mass is 32.1. The SMILES string of the molecule is COC(=O)CCCCCNC(=O)c1csc(-c2ccsc2)n1. The number of methoxy groups -OCH3 is 1. The van der Waals surface area contributed by atoms with E-state index in [-0.39, 0.29) is 11.9 Å². The van der Waals surface area contributed by atoms with Gasteiger partial charge in [-0.05, 0) is 24.3 Å². The Morgan fingerprint density at radius 3 is 2.86 bits per heavy atom. The number of carbonyl (C=O) groups excluding carboxylic acids is 2. The van der Waals surface area contributed by atoms with Crippen LogP contribution < -0.4 is 5.32 Å². The zero-order valence-corrected chi connectivity index (χ0v) is 14.0. The van der Waals surface area contributed by atoms with Gasteiger partial charge in [0.2, 0.25) is 0 Å². The van der Waals surface area contributed by atoms with Crippen molar-refractivity contribution in [3.8, 4) is 10.6 Å². The molecule has 5 nitrogen and oxygen atoms in total. The van der Waals surface area contributed by atoms with Gasteiger partial charge in [-0.25, -0.2) is 4.98 Å². The van der Waals surface area contributed by atoms with Gasteiger partial charge in [-0.15, -0.1) is 11.3 Å². The van der Waals surface area contributed by atoms with Crippen LogP contribution in [-0.2, 0) is 9.53 Å². The predicted octanol–water partition coefficient (Wildman–Crippen LogP) is 3.33. The second-order valence-corrected chi connectivity index (χ2v) is 6.33. The molecule has 0 saturated carbocycles. The number of nitrogens with one attached hydrogen (secondary N) is 1. The Labute approximate surface area is 137 Å². The number of nitrogens with zero attached hydrogens (tertiary/aromatic N) is 1. The van der Waals surface area contributed by atoms with Crippen LogP contribution in [0.2, 0.25) is 0 Å². The molecule has 0 spiro atoms. The standard InChI is InChI=1S/C15H18N2O3S2/c1-20-13(18)5-3-2-4-7-16-14(19)12-10-22-15(17-12)11-6-8-21-9-11/h6,8-10H,2-5,7H2,1H3,(H,16,19). The summed E-state index contributed by atoms with van der Waals surface area (Å²) in [5, 5.41) is 9.50. The van der Waals surface area contributed by atoms with E-state index < -0.39 is 0 Å². The maximum atomic E-state index is 12.0. The van der Waals surface area contributed by atoms with E-state index in [1.54, 1.807) is 16.7 Å². The van der Waals surface area contributed by atoms with E-state index in [2.05, 4.69) is 15.0 Å². The first-order valence-corrected chi connectivity index (χ1v) is 8.86. The van der Waals surface area contributed by atoms with Crippen LogP contribution in [0.3, 0.4) is 0 Å². The number of rotatable bonds is 8. The Bertz CT molecular complexity index is 608. The van der Waals surface area contributed by atoms with Gasteiger partial charge in [-0.3, -0.25) is 9.59 Å². The molecule has 118 valence electrons. The maximum Gasteiger partial charge on any atom is 0.305 e. The highest BCUT2D eigenvalue weighted by Gasteiger charge is 2.11. The minimum atomic E-state index is -0.188. The summed E-state index contributed by atoms with van der Waals surface area (Å²) in [7, 11) is 1.39.